The average molecular weight is 212 g/mol. The third-order valence-corrected chi connectivity index (χ3v) is 2.06. The fourth-order valence-corrected chi connectivity index (χ4v) is 1.17. The number of halogens is 1. The van der Waals surface area contributed by atoms with E-state index >= 15 is 0 Å². The Hall–Kier alpha value is -0.790. The zero-order valence-electron chi connectivity index (χ0n) is 8.86. The highest BCUT2D eigenvalue weighted by Crippen LogP contribution is 2.06. The van der Waals surface area contributed by atoms with Gasteiger partial charge in [-0.2, -0.15) is 0 Å². The molecule has 78 valence electrons. The van der Waals surface area contributed by atoms with Gasteiger partial charge in [0.1, 0.15) is 0 Å². The van der Waals surface area contributed by atoms with Crippen LogP contribution in [0.5, 0.6) is 0 Å². The lowest BCUT2D eigenvalue weighted by atomic mass is 10.1. The van der Waals surface area contributed by atoms with Crippen molar-refractivity contribution in [1.82, 2.24) is 4.90 Å². The molecule has 0 saturated heterocycles. The van der Waals surface area contributed by atoms with E-state index in [1.807, 2.05) is 6.08 Å². The van der Waals surface area contributed by atoms with Crippen molar-refractivity contribution in [3.05, 3.63) is 42.0 Å². The number of rotatable bonds is 4. The summed E-state index contributed by atoms with van der Waals surface area (Å²) in [6.45, 7) is 4.83. The van der Waals surface area contributed by atoms with E-state index in [1.54, 1.807) is 0 Å². The Labute approximate surface area is 92.8 Å². The van der Waals surface area contributed by atoms with Gasteiger partial charge in [0, 0.05) is 6.54 Å². The lowest BCUT2D eigenvalue weighted by Gasteiger charge is -2.08. The molecule has 2 heteroatoms. The van der Waals surface area contributed by atoms with Crippen molar-refractivity contribution in [2.75, 3.05) is 20.6 Å². The molecule has 0 bridgehead atoms. The minimum absolute atomic E-state index is 0. The third kappa shape index (κ3) is 4.45. The smallest absolute Gasteiger partial charge is 0.00157 e. The van der Waals surface area contributed by atoms with Gasteiger partial charge < -0.3 is 4.90 Å². The lowest BCUT2D eigenvalue weighted by Crippen LogP contribution is -2.14. The first-order valence-corrected chi connectivity index (χ1v) is 4.58. The predicted octanol–water partition coefficient (Wildman–Crippen LogP) is 2.86. The minimum Gasteiger partial charge on any atom is -0.309 e. The Morgan fingerprint density at radius 2 is 1.79 bits per heavy atom. The van der Waals surface area contributed by atoms with Gasteiger partial charge in [0.15, 0.2) is 0 Å². The van der Waals surface area contributed by atoms with E-state index in [0.717, 1.165) is 13.0 Å². The van der Waals surface area contributed by atoms with Crippen LogP contribution in [0.25, 0.3) is 6.08 Å². The van der Waals surface area contributed by atoms with Crippen LogP contribution in [0.2, 0.25) is 0 Å². The van der Waals surface area contributed by atoms with Gasteiger partial charge in [-0.3, -0.25) is 0 Å². The van der Waals surface area contributed by atoms with Crippen LogP contribution in [0.3, 0.4) is 0 Å². The highest BCUT2D eigenvalue weighted by atomic mass is 35.5. The van der Waals surface area contributed by atoms with E-state index in [2.05, 4.69) is 49.8 Å². The normalized spacial score (nSPS) is 9.64. The van der Waals surface area contributed by atoms with Crippen LogP contribution in [-0.2, 0) is 6.42 Å². The molecule has 14 heavy (non-hydrogen) atoms. The molecule has 1 nitrogen and oxygen atoms in total. The van der Waals surface area contributed by atoms with Gasteiger partial charge in [0.2, 0.25) is 0 Å². The van der Waals surface area contributed by atoms with Crippen LogP contribution in [0.15, 0.2) is 30.8 Å². The van der Waals surface area contributed by atoms with Crippen LogP contribution in [0, 0.1) is 0 Å². The number of hydrogen-bond donors (Lipinski definition) is 0. The number of benzene rings is 1. The first-order chi connectivity index (χ1) is 6.22. The molecule has 0 heterocycles. The van der Waals surface area contributed by atoms with Crippen molar-refractivity contribution in [2.24, 2.45) is 0 Å². The molecule has 0 aliphatic rings. The maximum absolute atomic E-state index is 3.73. The second-order valence-electron chi connectivity index (χ2n) is 3.50. The topological polar surface area (TPSA) is 3.24 Å². The molecular formula is C12H18ClN. The van der Waals surface area contributed by atoms with Crippen LogP contribution < -0.4 is 0 Å². The minimum atomic E-state index is 0. The van der Waals surface area contributed by atoms with E-state index in [9.17, 15) is 0 Å². The third-order valence-electron chi connectivity index (χ3n) is 2.06. The van der Waals surface area contributed by atoms with Crippen LogP contribution in [0.1, 0.15) is 11.1 Å². The molecule has 0 N–H and O–H groups in total. The molecule has 0 fully saturated rings. The maximum atomic E-state index is 3.73. The van der Waals surface area contributed by atoms with Crippen LogP contribution in [-0.4, -0.2) is 25.5 Å². The molecule has 0 radical (unpaired) electrons. The van der Waals surface area contributed by atoms with E-state index in [0.29, 0.717) is 0 Å². The van der Waals surface area contributed by atoms with Gasteiger partial charge in [-0.15, -0.1) is 12.4 Å². The lowest BCUT2D eigenvalue weighted by molar-refractivity contribution is 0.413. The first kappa shape index (κ1) is 13.2. The van der Waals surface area contributed by atoms with E-state index in [-0.39, 0.29) is 12.4 Å². The van der Waals surface area contributed by atoms with Gasteiger partial charge in [-0.1, -0.05) is 36.9 Å². The maximum Gasteiger partial charge on any atom is 0.00157 e. The largest absolute Gasteiger partial charge is 0.309 e. The zero-order chi connectivity index (χ0) is 9.68. The molecule has 1 aromatic carbocycles. The van der Waals surface area contributed by atoms with E-state index in [4.69, 9.17) is 0 Å². The van der Waals surface area contributed by atoms with Crippen molar-refractivity contribution in [2.45, 2.75) is 6.42 Å². The second-order valence-corrected chi connectivity index (χ2v) is 3.50. The molecule has 0 atom stereocenters. The van der Waals surface area contributed by atoms with Crippen LogP contribution >= 0.6 is 12.4 Å². The zero-order valence-corrected chi connectivity index (χ0v) is 9.68. The van der Waals surface area contributed by atoms with Crippen LogP contribution in [0.4, 0.5) is 0 Å². The first-order valence-electron chi connectivity index (χ1n) is 4.58. The Morgan fingerprint density at radius 3 is 2.21 bits per heavy atom. The molecule has 1 rings (SSSR count). The summed E-state index contributed by atoms with van der Waals surface area (Å²) in [4.78, 5) is 2.20. The van der Waals surface area contributed by atoms with E-state index < -0.39 is 0 Å². The molecule has 0 aliphatic heterocycles. The standard InChI is InChI=1S/C12H17N.ClH/c1-4-11-5-7-12(8-6-11)9-10-13(2)3;/h4-8H,1,9-10H2,2-3H3;1H. The van der Waals surface area contributed by atoms with Gasteiger partial charge in [-0.25, -0.2) is 0 Å². The Kier molecular flexibility index (Phi) is 6.26. The molecule has 0 saturated carbocycles. The van der Waals surface area contributed by atoms with Gasteiger partial charge >= 0.3 is 0 Å². The number of likely N-dealkylation sites (N-methyl/N-ethyl adjacent to an activating group) is 1. The quantitative estimate of drug-likeness (QED) is 0.741. The predicted molar refractivity (Wildman–Crippen MR) is 66.0 cm³/mol. The highest BCUT2D eigenvalue weighted by molar-refractivity contribution is 5.85. The summed E-state index contributed by atoms with van der Waals surface area (Å²) < 4.78 is 0. The van der Waals surface area contributed by atoms with Crippen molar-refractivity contribution in [3.8, 4) is 0 Å². The summed E-state index contributed by atoms with van der Waals surface area (Å²) in [5, 5.41) is 0. The second kappa shape index (κ2) is 6.63. The molecule has 0 unspecified atom stereocenters. The van der Waals surface area contributed by atoms with Crippen molar-refractivity contribution in [3.63, 3.8) is 0 Å². The SMILES string of the molecule is C=Cc1ccc(CCN(C)C)cc1.Cl. The molecule has 0 amide bonds. The van der Waals surface area contributed by atoms with Gasteiger partial charge in [-0.05, 0) is 31.6 Å². The van der Waals surface area contributed by atoms with Crippen molar-refractivity contribution < 1.29 is 0 Å². The number of hydrogen-bond acceptors (Lipinski definition) is 1. The Bertz CT molecular complexity index is 264. The summed E-state index contributed by atoms with van der Waals surface area (Å²) in [5.41, 5.74) is 2.58. The summed E-state index contributed by atoms with van der Waals surface area (Å²) in [5.74, 6) is 0. The summed E-state index contributed by atoms with van der Waals surface area (Å²) >= 11 is 0. The van der Waals surface area contributed by atoms with E-state index in [1.165, 1.54) is 11.1 Å². The fourth-order valence-electron chi connectivity index (χ4n) is 1.17. The Morgan fingerprint density at radius 1 is 1.21 bits per heavy atom. The van der Waals surface area contributed by atoms with Crippen molar-refractivity contribution >= 4 is 18.5 Å². The average Bonchev–Trinajstić information content (AvgIpc) is 2.15. The Balaban J connectivity index is 0.00000169. The highest BCUT2D eigenvalue weighted by Gasteiger charge is 1.94. The number of nitrogens with zero attached hydrogens (tertiary/aromatic N) is 1. The molecule has 1 aromatic rings. The summed E-state index contributed by atoms with van der Waals surface area (Å²) in [6, 6.07) is 8.55. The van der Waals surface area contributed by atoms with Gasteiger partial charge in [0.25, 0.3) is 0 Å². The van der Waals surface area contributed by atoms with Gasteiger partial charge in [0.05, 0.1) is 0 Å². The summed E-state index contributed by atoms with van der Waals surface area (Å²) in [7, 11) is 4.19. The monoisotopic (exact) mass is 211 g/mol. The fraction of sp³-hybridized carbons (Fsp3) is 0.333. The molecule has 0 spiro atoms. The summed E-state index contributed by atoms with van der Waals surface area (Å²) in [6.07, 6.45) is 2.99. The molecule has 0 aliphatic carbocycles. The molecular weight excluding hydrogens is 194 g/mol. The molecule has 0 aromatic heterocycles. The van der Waals surface area contributed by atoms with Crippen molar-refractivity contribution in [1.29, 1.82) is 0 Å².